The molecule has 3 aromatic rings. The van der Waals surface area contributed by atoms with Crippen LogP contribution < -0.4 is 5.32 Å². The van der Waals surface area contributed by atoms with Crippen LogP contribution in [0.1, 0.15) is 16.1 Å². The van der Waals surface area contributed by atoms with Gasteiger partial charge in [0.05, 0.1) is 29.2 Å². The van der Waals surface area contributed by atoms with Gasteiger partial charge >= 0.3 is 5.97 Å². The number of carbonyl (C=O) groups excluding carboxylic acids is 1. The quantitative estimate of drug-likeness (QED) is 0.571. The van der Waals surface area contributed by atoms with E-state index in [1.165, 1.54) is 34.9 Å². The zero-order valence-corrected chi connectivity index (χ0v) is 14.1. The van der Waals surface area contributed by atoms with Crippen LogP contribution in [0.5, 0.6) is 0 Å². The summed E-state index contributed by atoms with van der Waals surface area (Å²) < 4.78 is 1.44. The lowest BCUT2D eigenvalue weighted by Gasteiger charge is -2.06. The SMILES string of the molecule is O=C(CSc1nnnn1-c1ccc(C(=O)O)cc1)NCc1ccncn1. The maximum absolute atomic E-state index is 12.0. The molecule has 2 aromatic heterocycles. The number of carboxylic acid groups (broad SMARTS) is 1. The van der Waals surface area contributed by atoms with Crippen molar-refractivity contribution >= 4 is 23.6 Å². The van der Waals surface area contributed by atoms with Gasteiger partial charge in [-0.1, -0.05) is 11.8 Å². The van der Waals surface area contributed by atoms with E-state index in [2.05, 4.69) is 30.8 Å². The number of rotatable bonds is 7. The van der Waals surface area contributed by atoms with Crippen LogP contribution in [0.4, 0.5) is 0 Å². The number of benzene rings is 1. The Morgan fingerprint density at radius 1 is 1.19 bits per heavy atom. The summed E-state index contributed by atoms with van der Waals surface area (Å²) in [5, 5.41) is 23.5. The average Bonchev–Trinajstić information content (AvgIpc) is 3.14. The van der Waals surface area contributed by atoms with Crippen molar-refractivity contribution in [2.24, 2.45) is 0 Å². The third kappa shape index (κ3) is 4.39. The molecule has 132 valence electrons. The molecule has 1 amide bonds. The van der Waals surface area contributed by atoms with E-state index in [0.717, 1.165) is 0 Å². The molecule has 3 rings (SSSR count). The van der Waals surface area contributed by atoms with Crippen molar-refractivity contribution in [1.29, 1.82) is 0 Å². The van der Waals surface area contributed by atoms with Gasteiger partial charge in [0.2, 0.25) is 11.1 Å². The van der Waals surface area contributed by atoms with Crippen LogP contribution in [-0.4, -0.2) is 52.9 Å². The van der Waals surface area contributed by atoms with Gasteiger partial charge in [-0.2, -0.15) is 4.68 Å². The van der Waals surface area contributed by atoms with Gasteiger partial charge in [0.25, 0.3) is 0 Å². The number of aromatic carboxylic acids is 1. The molecule has 0 aliphatic carbocycles. The van der Waals surface area contributed by atoms with E-state index in [4.69, 9.17) is 5.11 Å². The number of hydrogen-bond acceptors (Lipinski definition) is 8. The predicted molar refractivity (Wildman–Crippen MR) is 90.7 cm³/mol. The van der Waals surface area contributed by atoms with Crippen LogP contribution in [-0.2, 0) is 11.3 Å². The first-order valence-electron chi connectivity index (χ1n) is 7.40. The van der Waals surface area contributed by atoms with Gasteiger partial charge in [-0.25, -0.2) is 14.8 Å². The summed E-state index contributed by atoms with van der Waals surface area (Å²) in [4.78, 5) is 30.7. The lowest BCUT2D eigenvalue weighted by Crippen LogP contribution is -2.25. The van der Waals surface area contributed by atoms with Crippen molar-refractivity contribution in [3.05, 3.63) is 54.1 Å². The van der Waals surface area contributed by atoms with Gasteiger partial charge in [-0.3, -0.25) is 4.79 Å². The van der Waals surface area contributed by atoms with Crippen LogP contribution in [0.3, 0.4) is 0 Å². The van der Waals surface area contributed by atoms with Gasteiger partial charge in [0.1, 0.15) is 6.33 Å². The molecule has 0 fully saturated rings. The zero-order valence-electron chi connectivity index (χ0n) is 13.3. The van der Waals surface area contributed by atoms with E-state index in [0.29, 0.717) is 23.1 Å². The number of carbonyl (C=O) groups is 2. The third-order valence-electron chi connectivity index (χ3n) is 3.24. The van der Waals surface area contributed by atoms with Crippen LogP contribution in [0.2, 0.25) is 0 Å². The minimum absolute atomic E-state index is 0.124. The van der Waals surface area contributed by atoms with Crippen molar-refractivity contribution in [3.8, 4) is 5.69 Å². The van der Waals surface area contributed by atoms with Crippen LogP contribution in [0.25, 0.3) is 5.69 Å². The van der Waals surface area contributed by atoms with Crippen LogP contribution in [0.15, 0.2) is 48.0 Å². The van der Waals surface area contributed by atoms with Gasteiger partial charge in [-0.05, 0) is 40.8 Å². The summed E-state index contributed by atoms with van der Waals surface area (Å²) in [6.45, 7) is 0.309. The topological polar surface area (TPSA) is 136 Å². The van der Waals surface area contributed by atoms with Crippen molar-refractivity contribution in [1.82, 2.24) is 35.5 Å². The van der Waals surface area contributed by atoms with Crippen LogP contribution >= 0.6 is 11.8 Å². The highest BCUT2D eigenvalue weighted by atomic mass is 32.2. The Labute approximate surface area is 151 Å². The highest BCUT2D eigenvalue weighted by molar-refractivity contribution is 7.99. The fourth-order valence-corrected chi connectivity index (χ4v) is 2.69. The highest BCUT2D eigenvalue weighted by Gasteiger charge is 2.12. The molecule has 0 aliphatic heterocycles. The first-order chi connectivity index (χ1) is 12.6. The van der Waals surface area contributed by atoms with Gasteiger partial charge < -0.3 is 10.4 Å². The molecule has 1 aromatic carbocycles. The van der Waals surface area contributed by atoms with Crippen molar-refractivity contribution < 1.29 is 14.7 Å². The molecule has 0 saturated heterocycles. The number of nitrogens with zero attached hydrogens (tertiary/aromatic N) is 6. The fraction of sp³-hybridized carbons (Fsp3) is 0.133. The van der Waals surface area contributed by atoms with E-state index in [1.54, 1.807) is 24.4 Å². The van der Waals surface area contributed by atoms with E-state index >= 15 is 0 Å². The summed E-state index contributed by atoms with van der Waals surface area (Å²) in [5.41, 5.74) is 1.48. The normalized spacial score (nSPS) is 10.5. The van der Waals surface area contributed by atoms with Crippen LogP contribution in [0, 0.1) is 0 Å². The summed E-state index contributed by atoms with van der Waals surface area (Å²) in [7, 11) is 0. The zero-order chi connectivity index (χ0) is 18.4. The highest BCUT2D eigenvalue weighted by Crippen LogP contribution is 2.18. The van der Waals surface area contributed by atoms with E-state index in [-0.39, 0.29) is 17.2 Å². The van der Waals surface area contributed by atoms with Crippen molar-refractivity contribution in [2.45, 2.75) is 11.7 Å². The maximum atomic E-state index is 12.0. The smallest absolute Gasteiger partial charge is 0.335 e. The summed E-state index contributed by atoms with van der Waals surface area (Å²) in [5.74, 6) is -1.08. The molecule has 26 heavy (non-hydrogen) atoms. The number of thioether (sulfide) groups is 1. The second kappa shape index (κ2) is 8.16. The van der Waals surface area contributed by atoms with Gasteiger partial charge in [0.15, 0.2) is 0 Å². The number of carboxylic acids is 1. The second-order valence-corrected chi connectivity index (χ2v) is 5.93. The Hall–Kier alpha value is -3.34. The molecule has 0 spiro atoms. The van der Waals surface area contributed by atoms with Gasteiger partial charge in [-0.15, -0.1) is 5.10 Å². The number of tetrazole rings is 1. The largest absolute Gasteiger partial charge is 0.478 e. The number of nitrogens with one attached hydrogen (secondary N) is 1. The molecule has 0 aliphatic rings. The predicted octanol–water partition coefficient (Wildman–Crippen LogP) is 0.559. The van der Waals surface area contributed by atoms with E-state index in [1.807, 2.05) is 0 Å². The van der Waals surface area contributed by atoms with Gasteiger partial charge in [0, 0.05) is 6.20 Å². The number of hydrogen-bond donors (Lipinski definition) is 2. The first kappa shape index (κ1) is 17.5. The molecule has 11 heteroatoms. The molecule has 0 saturated carbocycles. The molecular weight excluding hydrogens is 358 g/mol. The lowest BCUT2D eigenvalue weighted by atomic mass is 10.2. The second-order valence-electron chi connectivity index (χ2n) is 4.99. The first-order valence-corrected chi connectivity index (χ1v) is 8.38. The lowest BCUT2D eigenvalue weighted by molar-refractivity contribution is -0.118. The average molecular weight is 371 g/mol. The Kier molecular flexibility index (Phi) is 5.49. The number of amides is 1. The molecular formula is C15H13N7O3S. The number of aromatic nitrogens is 6. The van der Waals surface area contributed by atoms with E-state index in [9.17, 15) is 9.59 Å². The van der Waals surface area contributed by atoms with E-state index < -0.39 is 5.97 Å². The molecule has 2 heterocycles. The minimum Gasteiger partial charge on any atom is -0.478 e. The monoisotopic (exact) mass is 371 g/mol. The molecule has 2 N–H and O–H groups in total. The standard InChI is InChI=1S/C15H13N7O3S/c23-13(17-7-11-5-6-16-9-18-11)8-26-15-19-20-21-22(15)12-3-1-10(2-4-12)14(24)25/h1-6,9H,7-8H2,(H,17,23)(H,24,25). The fourth-order valence-electron chi connectivity index (χ4n) is 1.97. The Morgan fingerprint density at radius 2 is 2.00 bits per heavy atom. The summed E-state index contributed by atoms with van der Waals surface area (Å²) in [6, 6.07) is 7.83. The third-order valence-corrected chi connectivity index (χ3v) is 4.16. The summed E-state index contributed by atoms with van der Waals surface area (Å²) >= 11 is 1.17. The Balaban J connectivity index is 1.58. The summed E-state index contributed by atoms with van der Waals surface area (Å²) in [6.07, 6.45) is 3.02. The van der Waals surface area contributed by atoms with Crippen molar-refractivity contribution in [2.75, 3.05) is 5.75 Å². The molecule has 0 bridgehead atoms. The maximum Gasteiger partial charge on any atom is 0.335 e. The van der Waals surface area contributed by atoms with Crippen molar-refractivity contribution in [3.63, 3.8) is 0 Å². The molecule has 0 radical (unpaired) electrons. The Morgan fingerprint density at radius 3 is 2.69 bits per heavy atom. The minimum atomic E-state index is -1.01. The molecule has 0 atom stereocenters. The molecule has 0 unspecified atom stereocenters. The Bertz CT molecular complexity index is 899. The molecule has 10 nitrogen and oxygen atoms in total.